The van der Waals surface area contributed by atoms with Gasteiger partial charge in [-0.15, -0.1) is 0 Å². The molecule has 0 saturated heterocycles. The number of hydrogen-bond acceptors (Lipinski definition) is 3. The molecule has 3 unspecified atom stereocenters. The summed E-state index contributed by atoms with van der Waals surface area (Å²) in [4.78, 5) is 14.9. The van der Waals surface area contributed by atoms with Crippen molar-refractivity contribution < 1.29 is 23.1 Å². The Hall–Kier alpha value is -2.59. The fourth-order valence-corrected chi connectivity index (χ4v) is 2.80. The molecule has 0 radical (unpaired) electrons. The van der Waals surface area contributed by atoms with E-state index >= 15 is 0 Å². The van der Waals surface area contributed by atoms with Gasteiger partial charge in [-0.1, -0.05) is 18.5 Å². The van der Waals surface area contributed by atoms with E-state index in [2.05, 4.69) is 4.98 Å². The fourth-order valence-electron chi connectivity index (χ4n) is 2.63. The van der Waals surface area contributed by atoms with Crippen LogP contribution < -0.4 is 0 Å². The third-order valence-electron chi connectivity index (χ3n) is 3.92. The minimum absolute atomic E-state index is 0.107. The van der Waals surface area contributed by atoms with Crippen molar-refractivity contribution in [2.24, 2.45) is 5.92 Å². The maximum Gasteiger partial charge on any atom is 0.306 e. The lowest BCUT2D eigenvalue weighted by Crippen LogP contribution is -2.25. The Labute approximate surface area is 146 Å². The second-order valence-corrected chi connectivity index (χ2v) is 5.87. The third-order valence-corrected chi connectivity index (χ3v) is 4.19. The first-order valence-corrected chi connectivity index (χ1v) is 7.52. The summed E-state index contributed by atoms with van der Waals surface area (Å²) in [6.45, 7) is 1.28. The predicted molar refractivity (Wildman–Crippen MR) is 83.5 cm³/mol. The van der Waals surface area contributed by atoms with E-state index in [0.717, 1.165) is 30.5 Å². The van der Waals surface area contributed by atoms with Crippen LogP contribution in [0.25, 0.3) is 0 Å². The molecular weight excluding hydrogens is 357 g/mol. The van der Waals surface area contributed by atoms with Gasteiger partial charge in [0.1, 0.15) is 11.6 Å². The maximum absolute atomic E-state index is 14.2. The number of hydrogen-bond donors (Lipinski definition) is 1. The Bertz CT molecular complexity index is 854. The third kappa shape index (κ3) is 3.91. The van der Waals surface area contributed by atoms with Gasteiger partial charge in [-0.2, -0.15) is 9.65 Å². The predicted octanol–water partition coefficient (Wildman–Crippen LogP) is 4.26. The van der Waals surface area contributed by atoms with Gasteiger partial charge in [0.25, 0.3) is 0 Å². The molecule has 0 saturated carbocycles. The van der Waals surface area contributed by atoms with Crippen molar-refractivity contribution in [2.75, 3.05) is 0 Å². The number of rotatable bonds is 5. The molecule has 8 heteroatoms. The van der Waals surface area contributed by atoms with Crippen molar-refractivity contribution >= 4 is 17.6 Å². The highest BCUT2D eigenvalue weighted by molar-refractivity contribution is 6.30. The van der Waals surface area contributed by atoms with Gasteiger partial charge in [0.2, 0.25) is 5.95 Å². The number of aromatic nitrogens is 1. The molecular formula is C17H12ClF3N2O2. The SMILES string of the molecule is CC(C(=O)O)C(c1cc(F)ccc1F)C(C#N)c1cnc(F)c(Cl)c1. The molecule has 0 spiro atoms. The number of aliphatic carboxylic acids is 1. The zero-order valence-corrected chi connectivity index (χ0v) is 13.6. The number of carboxylic acids is 1. The summed E-state index contributed by atoms with van der Waals surface area (Å²) in [5, 5.41) is 18.5. The highest BCUT2D eigenvalue weighted by atomic mass is 35.5. The molecule has 1 heterocycles. The van der Waals surface area contributed by atoms with Gasteiger partial charge in [0.15, 0.2) is 0 Å². The number of benzene rings is 1. The lowest BCUT2D eigenvalue weighted by atomic mass is 9.75. The van der Waals surface area contributed by atoms with Crippen LogP contribution in [0.2, 0.25) is 5.02 Å². The Balaban J connectivity index is 2.64. The van der Waals surface area contributed by atoms with Crippen LogP contribution in [0.1, 0.15) is 29.9 Å². The first kappa shape index (κ1) is 18.7. The van der Waals surface area contributed by atoms with Crippen molar-refractivity contribution in [1.82, 2.24) is 4.98 Å². The van der Waals surface area contributed by atoms with Crippen LogP contribution in [0.4, 0.5) is 13.2 Å². The highest BCUT2D eigenvalue weighted by Crippen LogP contribution is 2.40. The number of carbonyl (C=O) groups is 1. The fraction of sp³-hybridized carbons (Fsp3) is 0.235. The highest BCUT2D eigenvalue weighted by Gasteiger charge is 2.36. The van der Waals surface area contributed by atoms with Crippen LogP contribution in [-0.4, -0.2) is 16.1 Å². The van der Waals surface area contributed by atoms with E-state index in [1.54, 1.807) is 0 Å². The van der Waals surface area contributed by atoms with Gasteiger partial charge in [0, 0.05) is 12.1 Å². The topological polar surface area (TPSA) is 74.0 Å². The molecule has 3 atom stereocenters. The van der Waals surface area contributed by atoms with Crippen molar-refractivity contribution in [3.63, 3.8) is 0 Å². The molecule has 1 aromatic carbocycles. The zero-order chi connectivity index (χ0) is 18.7. The number of halogens is 4. The van der Waals surface area contributed by atoms with E-state index in [9.17, 15) is 28.3 Å². The van der Waals surface area contributed by atoms with Gasteiger partial charge in [0.05, 0.1) is 22.9 Å². The molecule has 0 fully saturated rings. The molecule has 0 aliphatic heterocycles. The average Bonchev–Trinajstić information content (AvgIpc) is 2.57. The van der Waals surface area contributed by atoms with E-state index in [0.29, 0.717) is 0 Å². The van der Waals surface area contributed by atoms with Gasteiger partial charge in [-0.25, -0.2) is 13.8 Å². The van der Waals surface area contributed by atoms with Crippen molar-refractivity contribution in [1.29, 1.82) is 5.26 Å². The lowest BCUT2D eigenvalue weighted by molar-refractivity contribution is -0.142. The average molecular weight is 369 g/mol. The largest absolute Gasteiger partial charge is 0.481 e. The molecule has 130 valence electrons. The summed E-state index contributed by atoms with van der Waals surface area (Å²) in [5.74, 6) is -7.57. The minimum atomic E-state index is -1.30. The Morgan fingerprint density at radius 3 is 2.56 bits per heavy atom. The molecule has 1 N–H and O–H groups in total. The first-order chi connectivity index (χ1) is 11.8. The summed E-state index contributed by atoms with van der Waals surface area (Å²) >= 11 is 5.67. The quantitative estimate of drug-likeness (QED) is 0.800. The van der Waals surface area contributed by atoms with Gasteiger partial charge >= 0.3 is 5.97 Å². The lowest BCUT2D eigenvalue weighted by Gasteiger charge is -2.26. The molecule has 2 aromatic rings. The molecule has 2 rings (SSSR count). The standard InChI is InChI=1S/C17H12ClF3N2O2/c1-8(17(24)25)15(11-5-10(19)2-3-14(11)20)12(6-22)9-4-13(18)16(21)23-7-9/h2-5,7-8,12,15H,1H3,(H,24,25). The number of carboxylic acid groups (broad SMARTS) is 1. The second-order valence-electron chi connectivity index (χ2n) is 5.47. The van der Waals surface area contributed by atoms with E-state index < -0.39 is 41.3 Å². The summed E-state index contributed by atoms with van der Waals surface area (Å²) in [6, 6.07) is 5.59. The Morgan fingerprint density at radius 2 is 2.00 bits per heavy atom. The Morgan fingerprint density at radius 1 is 1.32 bits per heavy atom. The van der Waals surface area contributed by atoms with Crippen molar-refractivity contribution in [3.8, 4) is 6.07 Å². The molecule has 0 aliphatic carbocycles. The smallest absolute Gasteiger partial charge is 0.306 e. The minimum Gasteiger partial charge on any atom is -0.481 e. The number of nitrogens with zero attached hydrogens (tertiary/aromatic N) is 2. The summed E-state index contributed by atoms with van der Waals surface area (Å²) in [6.07, 6.45) is 1.02. The second kappa shape index (κ2) is 7.53. The Kier molecular flexibility index (Phi) is 5.65. The van der Waals surface area contributed by atoms with E-state index in [-0.39, 0.29) is 16.1 Å². The summed E-state index contributed by atoms with van der Waals surface area (Å²) in [5.41, 5.74) is -0.155. The van der Waals surface area contributed by atoms with Gasteiger partial charge in [-0.05, 0) is 35.4 Å². The molecule has 0 amide bonds. The van der Waals surface area contributed by atoms with Gasteiger partial charge < -0.3 is 5.11 Å². The summed E-state index contributed by atoms with van der Waals surface area (Å²) in [7, 11) is 0. The number of nitriles is 1. The molecule has 4 nitrogen and oxygen atoms in total. The van der Waals surface area contributed by atoms with Crippen LogP contribution in [-0.2, 0) is 4.79 Å². The monoisotopic (exact) mass is 368 g/mol. The molecule has 0 bridgehead atoms. The molecule has 0 aliphatic rings. The summed E-state index contributed by atoms with van der Waals surface area (Å²) < 4.78 is 41.1. The van der Waals surface area contributed by atoms with Crippen LogP contribution in [0.3, 0.4) is 0 Å². The first-order valence-electron chi connectivity index (χ1n) is 7.14. The number of pyridine rings is 1. The van der Waals surface area contributed by atoms with E-state index in [4.69, 9.17) is 11.6 Å². The van der Waals surface area contributed by atoms with E-state index in [1.165, 1.54) is 6.92 Å². The van der Waals surface area contributed by atoms with Crippen LogP contribution in [0, 0.1) is 34.8 Å². The van der Waals surface area contributed by atoms with Crippen LogP contribution >= 0.6 is 11.6 Å². The molecule has 1 aromatic heterocycles. The van der Waals surface area contributed by atoms with Crippen LogP contribution in [0.5, 0.6) is 0 Å². The van der Waals surface area contributed by atoms with Gasteiger partial charge in [-0.3, -0.25) is 4.79 Å². The maximum atomic E-state index is 14.2. The van der Waals surface area contributed by atoms with Crippen molar-refractivity contribution in [2.45, 2.75) is 18.8 Å². The van der Waals surface area contributed by atoms with Crippen molar-refractivity contribution in [3.05, 3.63) is 64.2 Å². The normalized spacial score (nSPS) is 14.4. The zero-order valence-electron chi connectivity index (χ0n) is 12.9. The molecule has 25 heavy (non-hydrogen) atoms. The van der Waals surface area contributed by atoms with E-state index in [1.807, 2.05) is 6.07 Å². The van der Waals surface area contributed by atoms with Crippen LogP contribution in [0.15, 0.2) is 30.5 Å².